The second-order valence-corrected chi connectivity index (χ2v) is 8.12. The molecule has 2 heterocycles. The molecule has 1 atom stereocenters. The number of rotatable bonds is 5. The van der Waals surface area contributed by atoms with Gasteiger partial charge in [-0.25, -0.2) is 9.64 Å². The van der Waals surface area contributed by atoms with Crippen LogP contribution in [0.15, 0.2) is 40.9 Å². The highest BCUT2D eigenvalue weighted by atomic mass is 16.6. The quantitative estimate of drug-likeness (QED) is 0.519. The van der Waals surface area contributed by atoms with Crippen molar-refractivity contribution in [2.24, 2.45) is 0 Å². The molecule has 1 aromatic heterocycles. The zero-order valence-corrected chi connectivity index (χ0v) is 17.9. The van der Waals surface area contributed by atoms with Crippen molar-refractivity contribution in [3.8, 4) is 28.6 Å². The number of cyclic esters (lactones) is 1. The van der Waals surface area contributed by atoms with Crippen molar-refractivity contribution in [1.82, 2.24) is 15.0 Å². The minimum Gasteiger partial charge on any atom is -0.502 e. The molecule has 0 bridgehead atoms. The second kappa shape index (κ2) is 8.00. The molecule has 32 heavy (non-hydrogen) atoms. The predicted octanol–water partition coefficient (Wildman–Crippen LogP) is 5.18. The van der Waals surface area contributed by atoms with Gasteiger partial charge in [0, 0.05) is 11.1 Å². The average molecular weight is 430 g/mol. The third-order valence-corrected chi connectivity index (χ3v) is 5.76. The lowest BCUT2D eigenvalue weighted by atomic mass is 10.0. The van der Waals surface area contributed by atoms with Crippen LogP contribution in [0.1, 0.15) is 37.4 Å². The molecule has 1 amide bonds. The van der Waals surface area contributed by atoms with Crippen molar-refractivity contribution in [2.75, 3.05) is 13.2 Å². The summed E-state index contributed by atoms with van der Waals surface area (Å²) < 4.78 is 16.4. The van der Waals surface area contributed by atoms with Gasteiger partial charge in [-0.1, -0.05) is 23.4 Å². The highest BCUT2D eigenvalue weighted by molar-refractivity contribution is 5.72. The van der Waals surface area contributed by atoms with E-state index in [4.69, 9.17) is 20.6 Å². The van der Waals surface area contributed by atoms with Crippen LogP contribution in [0.2, 0.25) is 0 Å². The predicted molar refractivity (Wildman–Crippen MR) is 116 cm³/mol. The number of nitrogens with zero attached hydrogens (tertiary/aromatic N) is 4. The summed E-state index contributed by atoms with van der Waals surface area (Å²) in [5.41, 5.74) is 4.20. The summed E-state index contributed by atoms with van der Waals surface area (Å²) in [5.74, 6) is 1.37. The fourth-order valence-electron chi connectivity index (χ4n) is 4.40. The first-order valence-electron chi connectivity index (χ1n) is 10.6. The van der Waals surface area contributed by atoms with Crippen LogP contribution >= 0.6 is 0 Å². The number of benzene rings is 2. The summed E-state index contributed by atoms with van der Waals surface area (Å²) in [7, 11) is 0. The first kappa shape index (κ1) is 20.1. The lowest BCUT2D eigenvalue weighted by Crippen LogP contribution is -2.28. The molecule has 8 heteroatoms. The highest BCUT2D eigenvalue weighted by Crippen LogP contribution is 2.41. The molecule has 2 aliphatic rings. The molecule has 1 aliphatic heterocycles. The maximum Gasteiger partial charge on any atom is 0.410 e. The Morgan fingerprint density at radius 1 is 1.28 bits per heavy atom. The van der Waals surface area contributed by atoms with Gasteiger partial charge in [0.05, 0.1) is 25.3 Å². The van der Waals surface area contributed by atoms with Gasteiger partial charge in [-0.05, 0) is 56.0 Å². The summed E-state index contributed by atoms with van der Waals surface area (Å²) >= 11 is 0. The van der Waals surface area contributed by atoms with Crippen molar-refractivity contribution in [1.29, 1.82) is 0 Å². The van der Waals surface area contributed by atoms with Crippen molar-refractivity contribution in [2.45, 2.75) is 38.8 Å². The van der Waals surface area contributed by atoms with Crippen LogP contribution in [0.5, 0.6) is 5.75 Å². The zero-order valence-electron chi connectivity index (χ0n) is 17.9. The minimum absolute atomic E-state index is 0.0149. The summed E-state index contributed by atoms with van der Waals surface area (Å²) in [6.45, 7) is 12.3. The van der Waals surface area contributed by atoms with Gasteiger partial charge >= 0.3 is 6.09 Å². The normalized spacial score (nSPS) is 17.4. The molecule has 1 saturated heterocycles. The maximum atomic E-state index is 12.1. The lowest BCUT2D eigenvalue weighted by Gasteiger charge is -2.22. The van der Waals surface area contributed by atoms with Crippen molar-refractivity contribution in [3.63, 3.8) is 0 Å². The number of amides is 1. The number of carbonyl (C=O) groups excluding carboxylic acids is 1. The number of aromatic nitrogens is 2. The van der Waals surface area contributed by atoms with Crippen LogP contribution in [0.3, 0.4) is 0 Å². The molecule has 5 rings (SSSR count). The van der Waals surface area contributed by atoms with Gasteiger partial charge in [0.1, 0.15) is 12.4 Å². The molecular formula is C24H22N4O4. The topological polar surface area (TPSA) is 82.1 Å². The fraction of sp³-hybridized carbons (Fsp3) is 0.333. The largest absolute Gasteiger partial charge is 0.502 e. The van der Waals surface area contributed by atoms with Crippen LogP contribution < -0.4 is 4.74 Å². The van der Waals surface area contributed by atoms with Crippen molar-refractivity contribution in [3.05, 3.63) is 58.9 Å². The van der Waals surface area contributed by atoms with Crippen LogP contribution in [0.25, 0.3) is 27.7 Å². The number of ether oxygens (including phenoxy) is 2. The molecule has 1 aliphatic carbocycles. The van der Waals surface area contributed by atoms with Gasteiger partial charge in [0.25, 0.3) is 5.89 Å². The molecule has 0 unspecified atom stereocenters. The first-order valence-corrected chi connectivity index (χ1v) is 10.6. The Hall–Kier alpha value is -3.86. The summed E-state index contributed by atoms with van der Waals surface area (Å²) in [5, 5.41) is 4.20. The van der Waals surface area contributed by atoms with E-state index in [1.165, 1.54) is 0 Å². The number of hydrogen-bond acceptors (Lipinski definition) is 6. The molecule has 0 radical (unpaired) electrons. The Bertz CT molecular complexity index is 1230. The van der Waals surface area contributed by atoms with Gasteiger partial charge < -0.3 is 14.0 Å². The maximum absolute atomic E-state index is 12.1. The van der Waals surface area contributed by atoms with E-state index in [-0.39, 0.29) is 18.2 Å². The standard InChI is InChI=1S/C24H22N4O4/c1-14(2)31-21-10-7-15(13-19(21)25-3)23-26-22(27-32-23)18-6-4-5-17-16(18)8-9-20(17)28-11-12-30-24(28)29/h4-7,10,13-14,20H,8-9,11-12H2,1-2H3/t20-/m1/s1. The van der Waals surface area contributed by atoms with Crippen LogP contribution in [-0.2, 0) is 11.2 Å². The Labute approximate surface area is 185 Å². The van der Waals surface area contributed by atoms with Gasteiger partial charge in [0.15, 0.2) is 0 Å². The summed E-state index contributed by atoms with van der Waals surface area (Å²) in [6.07, 6.45) is 1.39. The molecule has 3 aromatic rings. The van der Waals surface area contributed by atoms with Gasteiger partial charge in [-0.2, -0.15) is 4.98 Å². The van der Waals surface area contributed by atoms with E-state index in [1.54, 1.807) is 17.0 Å². The SMILES string of the molecule is [C-]#[N+]c1cc(-c2nc(-c3cccc4c3CC[C@H]4N3CCOC3=O)no2)ccc1OC(C)C. The fourth-order valence-corrected chi connectivity index (χ4v) is 4.40. The Kier molecular flexibility index (Phi) is 5.02. The van der Waals surface area contributed by atoms with Gasteiger partial charge in [-0.3, -0.25) is 4.90 Å². The number of carbonyl (C=O) groups is 1. The molecule has 8 nitrogen and oxygen atoms in total. The zero-order chi connectivity index (χ0) is 22.2. The van der Waals surface area contributed by atoms with E-state index >= 15 is 0 Å². The van der Waals surface area contributed by atoms with E-state index < -0.39 is 0 Å². The number of hydrogen-bond donors (Lipinski definition) is 0. The molecule has 0 spiro atoms. The van der Waals surface area contributed by atoms with Gasteiger partial charge in [0.2, 0.25) is 11.5 Å². The van der Waals surface area contributed by atoms with Crippen LogP contribution in [-0.4, -0.2) is 40.4 Å². The Morgan fingerprint density at radius 3 is 2.91 bits per heavy atom. The molecule has 1 fully saturated rings. The van der Waals surface area contributed by atoms with Crippen LogP contribution in [0.4, 0.5) is 10.5 Å². The smallest absolute Gasteiger partial charge is 0.410 e. The summed E-state index contributed by atoms with van der Waals surface area (Å²) in [6, 6.07) is 11.3. The first-order chi connectivity index (χ1) is 15.5. The second-order valence-electron chi connectivity index (χ2n) is 8.12. The molecule has 0 N–H and O–H groups in total. The van der Waals surface area contributed by atoms with E-state index in [2.05, 4.69) is 21.1 Å². The van der Waals surface area contributed by atoms with Crippen molar-refractivity contribution >= 4 is 11.8 Å². The van der Waals surface area contributed by atoms with Crippen LogP contribution in [0, 0.1) is 6.57 Å². The van der Waals surface area contributed by atoms with E-state index in [0.29, 0.717) is 41.9 Å². The molecule has 2 aromatic carbocycles. The monoisotopic (exact) mass is 430 g/mol. The lowest BCUT2D eigenvalue weighted by molar-refractivity contribution is 0.147. The molecular weight excluding hydrogens is 408 g/mol. The summed E-state index contributed by atoms with van der Waals surface area (Å²) in [4.78, 5) is 22.0. The van der Waals surface area contributed by atoms with Crippen molar-refractivity contribution < 1.29 is 18.8 Å². The van der Waals surface area contributed by atoms with E-state index in [9.17, 15) is 4.79 Å². The Balaban J connectivity index is 1.46. The van der Waals surface area contributed by atoms with E-state index in [0.717, 1.165) is 29.5 Å². The third kappa shape index (κ3) is 3.46. The molecule has 0 saturated carbocycles. The van der Waals surface area contributed by atoms with Gasteiger partial charge in [-0.15, -0.1) is 0 Å². The molecule has 162 valence electrons. The highest BCUT2D eigenvalue weighted by Gasteiger charge is 2.36. The minimum atomic E-state index is -0.254. The average Bonchev–Trinajstić information content (AvgIpc) is 3.52. The number of fused-ring (bicyclic) bond motifs is 1. The Morgan fingerprint density at radius 2 is 2.16 bits per heavy atom. The van der Waals surface area contributed by atoms with E-state index in [1.807, 2.05) is 32.0 Å². The third-order valence-electron chi connectivity index (χ3n) is 5.76.